The Hall–Kier alpha value is -2.43. The zero-order valence-corrected chi connectivity index (χ0v) is 13.7. The van der Waals surface area contributed by atoms with Gasteiger partial charge < -0.3 is 5.32 Å². The Morgan fingerprint density at radius 1 is 0.957 bits per heavy atom. The van der Waals surface area contributed by atoms with Crippen LogP contribution in [-0.2, 0) is 0 Å². The molecule has 0 saturated carbocycles. The molecule has 0 heterocycles. The average molecular weight is 340 g/mol. The SMILES string of the molecule is S=C(N/N=C/c1cccc2ccccc12)Nc1ccc(Cl)cc1. The zero-order valence-electron chi connectivity index (χ0n) is 12.2. The lowest BCUT2D eigenvalue weighted by Gasteiger charge is -2.07. The maximum absolute atomic E-state index is 5.85. The van der Waals surface area contributed by atoms with Crippen LogP contribution in [0.1, 0.15) is 5.56 Å². The van der Waals surface area contributed by atoms with Crippen LogP contribution in [-0.4, -0.2) is 11.3 Å². The normalized spacial score (nSPS) is 10.8. The average Bonchev–Trinajstić information content (AvgIpc) is 2.57. The first-order valence-electron chi connectivity index (χ1n) is 7.06. The summed E-state index contributed by atoms with van der Waals surface area (Å²) in [7, 11) is 0. The van der Waals surface area contributed by atoms with Gasteiger partial charge in [-0.3, -0.25) is 5.43 Å². The van der Waals surface area contributed by atoms with Gasteiger partial charge in [-0.1, -0.05) is 54.1 Å². The molecule has 0 atom stereocenters. The highest BCUT2D eigenvalue weighted by Gasteiger charge is 1.98. The third kappa shape index (κ3) is 4.06. The summed E-state index contributed by atoms with van der Waals surface area (Å²) < 4.78 is 0. The molecular weight excluding hydrogens is 326 g/mol. The van der Waals surface area contributed by atoms with Gasteiger partial charge in [-0.25, -0.2) is 0 Å². The highest BCUT2D eigenvalue weighted by atomic mass is 35.5. The van der Waals surface area contributed by atoms with Crippen LogP contribution in [0.3, 0.4) is 0 Å². The van der Waals surface area contributed by atoms with E-state index in [0.717, 1.165) is 16.6 Å². The van der Waals surface area contributed by atoms with Gasteiger partial charge in [-0.05, 0) is 47.3 Å². The Kier molecular flexibility index (Phi) is 4.86. The molecular formula is C18H14ClN3S. The van der Waals surface area contributed by atoms with E-state index in [9.17, 15) is 0 Å². The molecule has 0 unspecified atom stereocenters. The molecule has 0 radical (unpaired) electrons. The number of fused-ring (bicyclic) bond motifs is 1. The fourth-order valence-electron chi connectivity index (χ4n) is 2.22. The van der Waals surface area contributed by atoms with Crippen molar-refractivity contribution in [1.82, 2.24) is 5.43 Å². The number of anilines is 1. The number of halogens is 1. The van der Waals surface area contributed by atoms with E-state index in [1.807, 2.05) is 36.4 Å². The highest BCUT2D eigenvalue weighted by Crippen LogP contribution is 2.16. The molecule has 0 aromatic heterocycles. The molecule has 2 N–H and O–H groups in total. The standard InChI is InChI=1S/C18H14ClN3S/c19-15-8-10-16(11-9-15)21-18(23)22-20-12-14-6-3-5-13-4-1-2-7-17(13)14/h1-12H,(H2,21,22,23)/b20-12+. The molecule has 3 nitrogen and oxygen atoms in total. The zero-order chi connectivity index (χ0) is 16.1. The van der Waals surface area contributed by atoms with Gasteiger partial charge >= 0.3 is 0 Å². The minimum absolute atomic E-state index is 0.420. The monoisotopic (exact) mass is 339 g/mol. The summed E-state index contributed by atoms with van der Waals surface area (Å²) in [6, 6.07) is 21.6. The molecule has 3 rings (SSSR count). The minimum atomic E-state index is 0.420. The smallest absolute Gasteiger partial charge is 0.191 e. The predicted octanol–water partition coefficient (Wildman–Crippen LogP) is 4.81. The van der Waals surface area contributed by atoms with Crippen molar-refractivity contribution >= 4 is 51.6 Å². The molecule has 0 aliphatic carbocycles. The summed E-state index contributed by atoms with van der Waals surface area (Å²) in [5, 5.41) is 10.7. The van der Waals surface area contributed by atoms with E-state index in [2.05, 4.69) is 34.0 Å². The molecule has 0 saturated heterocycles. The van der Waals surface area contributed by atoms with Gasteiger partial charge in [-0.2, -0.15) is 5.10 Å². The second-order valence-corrected chi connectivity index (χ2v) is 5.74. The van der Waals surface area contributed by atoms with Crippen LogP contribution in [0, 0.1) is 0 Å². The van der Waals surface area contributed by atoms with E-state index in [0.29, 0.717) is 10.1 Å². The third-order valence-electron chi connectivity index (χ3n) is 3.30. The number of nitrogens with one attached hydrogen (secondary N) is 2. The van der Waals surface area contributed by atoms with Crippen LogP contribution in [0.25, 0.3) is 10.8 Å². The van der Waals surface area contributed by atoms with Crippen LogP contribution >= 0.6 is 23.8 Å². The first-order valence-corrected chi connectivity index (χ1v) is 7.84. The maximum atomic E-state index is 5.85. The van der Waals surface area contributed by atoms with Gasteiger partial charge in [0.25, 0.3) is 0 Å². The van der Waals surface area contributed by atoms with Crippen molar-refractivity contribution in [2.45, 2.75) is 0 Å². The van der Waals surface area contributed by atoms with Crippen LogP contribution in [0.5, 0.6) is 0 Å². The third-order valence-corrected chi connectivity index (χ3v) is 3.74. The topological polar surface area (TPSA) is 36.4 Å². The number of nitrogens with zero attached hydrogens (tertiary/aromatic N) is 1. The molecule has 23 heavy (non-hydrogen) atoms. The second kappa shape index (κ2) is 7.22. The van der Waals surface area contributed by atoms with Crippen LogP contribution < -0.4 is 10.7 Å². The lowest BCUT2D eigenvalue weighted by Crippen LogP contribution is -2.23. The molecule has 0 aliphatic heterocycles. The number of rotatable bonds is 3. The number of benzene rings is 3. The van der Waals surface area contributed by atoms with E-state index in [-0.39, 0.29) is 0 Å². The van der Waals surface area contributed by atoms with Crippen molar-refractivity contribution in [3.8, 4) is 0 Å². The molecule has 0 aliphatic rings. The van der Waals surface area contributed by atoms with Crippen molar-refractivity contribution in [3.05, 3.63) is 77.3 Å². The van der Waals surface area contributed by atoms with Gasteiger partial charge in [0.05, 0.1) is 6.21 Å². The van der Waals surface area contributed by atoms with Crippen molar-refractivity contribution in [2.75, 3.05) is 5.32 Å². The fraction of sp³-hybridized carbons (Fsp3) is 0. The van der Waals surface area contributed by atoms with Crippen LogP contribution in [0.4, 0.5) is 5.69 Å². The minimum Gasteiger partial charge on any atom is -0.331 e. The van der Waals surface area contributed by atoms with Gasteiger partial charge in [0.1, 0.15) is 0 Å². The Morgan fingerprint density at radius 2 is 1.70 bits per heavy atom. The highest BCUT2D eigenvalue weighted by molar-refractivity contribution is 7.80. The van der Waals surface area contributed by atoms with E-state index >= 15 is 0 Å². The van der Waals surface area contributed by atoms with Crippen LogP contribution in [0.2, 0.25) is 5.02 Å². The first kappa shape index (κ1) is 15.5. The number of thiocarbonyl (C=S) groups is 1. The molecule has 0 bridgehead atoms. The molecule has 0 fully saturated rings. The summed E-state index contributed by atoms with van der Waals surface area (Å²) in [5.41, 5.74) is 4.70. The molecule has 3 aromatic carbocycles. The second-order valence-electron chi connectivity index (χ2n) is 4.90. The summed E-state index contributed by atoms with van der Waals surface area (Å²) >= 11 is 11.1. The van der Waals surface area contributed by atoms with E-state index in [1.165, 1.54) is 5.39 Å². The number of hydrogen-bond acceptors (Lipinski definition) is 2. The van der Waals surface area contributed by atoms with Crippen molar-refractivity contribution in [2.24, 2.45) is 5.10 Å². The maximum Gasteiger partial charge on any atom is 0.191 e. The van der Waals surface area contributed by atoms with Gasteiger partial charge in [0, 0.05) is 16.3 Å². The van der Waals surface area contributed by atoms with Gasteiger partial charge in [-0.15, -0.1) is 0 Å². The molecule has 5 heteroatoms. The van der Waals surface area contributed by atoms with Crippen molar-refractivity contribution < 1.29 is 0 Å². The predicted molar refractivity (Wildman–Crippen MR) is 102 cm³/mol. The summed E-state index contributed by atoms with van der Waals surface area (Å²) in [6.07, 6.45) is 1.76. The molecule has 3 aromatic rings. The molecule has 0 amide bonds. The number of hydrazone groups is 1. The lowest BCUT2D eigenvalue weighted by atomic mass is 10.1. The molecule has 114 valence electrons. The number of hydrogen-bond donors (Lipinski definition) is 2. The van der Waals surface area contributed by atoms with E-state index in [1.54, 1.807) is 18.3 Å². The fourth-order valence-corrected chi connectivity index (χ4v) is 2.51. The summed E-state index contributed by atoms with van der Waals surface area (Å²) in [4.78, 5) is 0. The Labute approximate surface area is 145 Å². The summed E-state index contributed by atoms with van der Waals surface area (Å²) in [5.74, 6) is 0. The van der Waals surface area contributed by atoms with Crippen LogP contribution in [0.15, 0.2) is 71.8 Å². The lowest BCUT2D eigenvalue weighted by molar-refractivity contribution is 1.05. The Bertz CT molecular complexity index is 854. The largest absolute Gasteiger partial charge is 0.331 e. The van der Waals surface area contributed by atoms with Gasteiger partial charge in [0.2, 0.25) is 0 Å². The van der Waals surface area contributed by atoms with Crippen molar-refractivity contribution in [3.63, 3.8) is 0 Å². The van der Waals surface area contributed by atoms with Crippen molar-refractivity contribution in [1.29, 1.82) is 0 Å². The first-order chi connectivity index (χ1) is 11.2. The van der Waals surface area contributed by atoms with E-state index in [4.69, 9.17) is 23.8 Å². The summed E-state index contributed by atoms with van der Waals surface area (Å²) in [6.45, 7) is 0. The Morgan fingerprint density at radius 3 is 2.52 bits per heavy atom. The van der Waals surface area contributed by atoms with Gasteiger partial charge in [0.15, 0.2) is 5.11 Å². The Balaban J connectivity index is 1.66. The quantitative estimate of drug-likeness (QED) is 0.408. The molecule has 0 spiro atoms. The van der Waals surface area contributed by atoms with E-state index < -0.39 is 0 Å².